The first-order valence-electron chi connectivity index (χ1n) is 7.98. The van der Waals surface area contributed by atoms with Crippen LogP contribution in [-0.2, 0) is 11.2 Å². The van der Waals surface area contributed by atoms with Gasteiger partial charge >= 0.3 is 0 Å². The molecule has 0 N–H and O–H groups in total. The first-order valence-corrected chi connectivity index (χ1v) is 7.98. The molecular weight excluding hydrogens is 323 g/mol. The van der Waals surface area contributed by atoms with Gasteiger partial charge in [0.1, 0.15) is 5.82 Å². The Bertz CT molecular complexity index is 863. The maximum atomic E-state index is 13.5. The second-order valence-electron chi connectivity index (χ2n) is 5.95. The van der Waals surface area contributed by atoms with Crippen molar-refractivity contribution in [3.8, 4) is 0 Å². The molecule has 1 atom stereocenters. The second kappa shape index (κ2) is 6.84. The predicted octanol–water partition coefficient (Wildman–Crippen LogP) is 3.89. The summed E-state index contributed by atoms with van der Waals surface area (Å²) in [6.07, 6.45) is 3.45. The highest BCUT2D eigenvalue weighted by Crippen LogP contribution is 2.30. The van der Waals surface area contributed by atoms with E-state index in [1.54, 1.807) is 29.2 Å². The van der Waals surface area contributed by atoms with Crippen molar-refractivity contribution in [1.29, 1.82) is 0 Å². The molecular formula is C19H17FN2O3. The van der Waals surface area contributed by atoms with E-state index in [9.17, 15) is 19.3 Å². The fraction of sp³-hybridized carbons (Fsp3) is 0.211. The summed E-state index contributed by atoms with van der Waals surface area (Å²) >= 11 is 0. The molecule has 2 aromatic rings. The standard InChI is InChI=1S/C19H17FN2O3/c1-13-17-12-16(20)8-6-14(17)10-11-21(13)19(23)9-7-15-4-2-3-5-18(15)22(24)25/h2-9,12-13H,10-11H2,1H3/b9-7+. The normalized spacial score (nSPS) is 16.7. The zero-order chi connectivity index (χ0) is 18.0. The summed E-state index contributed by atoms with van der Waals surface area (Å²) in [6.45, 7) is 2.38. The molecule has 1 heterocycles. The number of hydrogen-bond acceptors (Lipinski definition) is 3. The highest BCUT2D eigenvalue weighted by atomic mass is 19.1. The Hall–Kier alpha value is -3.02. The summed E-state index contributed by atoms with van der Waals surface area (Å²) in [6, 6.07) is 10.6. The van der Waals surface area contributed by atoms with Crippen LogP contribution in [0.3, 0.4) is 0 Å². The second-order valence-corrected chi connectivity index (χ2v) is 5.95. The Balaban J connectivity index is 1.82. The average Bonchev–Trinajstić information content (AvgIpc) is 2.60. The van der Waals surface area contributed by atoms with E-state index < -0.39 is 4.92 Å². The van der Waals surface area contributed by atoms with E-state index in [1.165, 1.54) is 30.4 Å². The Morgan fingerprint density at radius 3 is 2.84 bits per heavy atom. The van der Waals surface area contributed by atoms with E-state index in [2.05, 4.69) is 0 Å². The Morgan fingerprint density at radius 1 is 1.32 bits per heavy atom. The van der Waals surface area contributed by atoms with Crippen LogP contribution in [0.2, 0.25) is 0 Å². The molecule has 2 aromatic carbocycles. The van der Waals surface area contributed by atoms with Crippen molar-refractivity contribution in [2.24, 2.45) is 0 Å². The summed E-state index contributed by atoms with van der Waals surface area (Å²) < 4.78 is 13.5. The lowest BCUT2D eigenvalue weighted by Crippen LogP contribution is -2.37. The number of para-hydroxylation sites is 1. The largest absolute Gasteiger partial charge is 0.332 e. The lowest BCUT2D eigenvalue weighted by Gasteiger charge is -2.34. The zero-order valence-corrected chi connectivity index (χ0v) is 13.7. The van der Waals surface area contributed by atoms with E-state index in [0.29, 0.717) is 18.5 Å². The molecule has 6 heteroatoms. The van der Waals surface area contributed by atoms with Gasteiger partial charge in [-0.15, -0.1) is 0 Å². The van der Waals surface area contributed by atoms with Gasteiger partial charge in [0.05, 0.1) is 16.5 Å². The van der Waals surface area contributed by atoms with Gasteiger partial charge < -0.3 is 4.90 Å². The van der Waals surface area contributed by atoms with Crippen LogP contribution >= 0.6 is 0 Å². The van der Waals surface area contributed by atoms with Crippen molar-refractivity contribution >= 4 is 17.7 Å². The maximum absolute atomic E-state index is 13.5. The van der Waals surface area contributed by atoms with Crippen molar-refractivity contribution in [2.45, 2.75) is 19.4 Å². The number of carbonyl (C=O) groups is 1. The third kappa shape index (κ3) is 3.42. The van der Waals surface area contributed by atoms with E-state index in [-0.39, 0.29) is 23.5 Å². The van der Waals surface area contributed by atoms with Gasteiger partial charge in [-0.1, -0.05) is 18.2 Å². The van der Waals surface area contributed by atoms with Crippen LogP contribution in [0.4, 0.5) is 10.1 Å². The highest BCUT2D eigenvalue weighted by Gasteiger charge is 2.26. The molecule has 128 valence electrons. The lowest BCUT2D eigenvalue weighted by atomic mass is 9.93. The van der Waals surface area contributed by atoms with Crippen molar-refractivity contribution < 1.29 is 14.1 Å². The smallest absolute Gasteiger partial charge is 0.276 e. The minimum absolute atomic E-state index is 0.0503. The molecule has 0 bridgehead atoms. The first-order chi connectivity index (χ1) is 12.0. The van der Waals surface area contributed by atoms with Gasteiger partial charge in [0.15, 0.2) is 0 Å². The minimum Gasteiger partial charge on any atom is -0.332 e. The van der Waals surface area contributed by atoms with Gasteiger partial charge in [-0.3, -0.25) is 14.9 Å². The van der Waals surface area contributed by atoms with Gasteiger partial charge in [0.25, 0.3) is 5.69 Å². The fourth-order valence-electron chi connectivity index (χ4n) is 3.14. The van der Waals surface area contributed by atoms with E-state index in [1.807, 2.05) is 6.92 Å². The Morgan fingerprint density at radius 2 is 2.08 bits per heavy atom. The molecule has 1 unspecified atom stereocenters. The summed E-state index contributed by atoms with van der Waals surface area (Å²) in [5, 5.41) is 11.0. The number of carbonyl (C=O) groups excluding carboxylic acids is 1. The number of fused-ring (bicyclic) bond motifs is 1. The van der Waals surface area contributed by atoms with Gasteiger partial charge in [-0.2, -0.15) is 0 Å². The molecule has 25 heavy (non-hydrogen) atoms. The van der Waals surface area contributed by atoms with Crippen molar-refractivity contribution in [2.75, 3.05) is 6.54 Å². The van der Waals surface area contributed by atoms with E-state index >= 15 is 0 Å². The predicted molar refractivity (Wildman–Crippen MR) is 92.4 cm³/mol. The summed E-state index contributed by atoms with van der Waals surface area (Å²) in [5.41, 5.74) is 2.17. The van der Waals surface area contributed by atoms with Crippen molar-refractivity contribution in [3.63, 3.8) is 0 Å². The summed E-state index contributed by atoms with van der Waals surface area (Å²) in [7, 11) is 0. The van der Waals surface area contributed by atoms with Gasteiger partial charge in [0.2, 0.25) is 5.91 Å². The molecule has 0 aliphatic carbocycles. The van der Waals surface area contributed by atoms with Gasteiger partial charge in [0, 0.05) is 18.7 Å². The van der Waals surface area contributed by atoms with Crippen LogP contribution in [0.15, 0.2) is 48.5 Å². The topological polar surface area (TPSA) is 63.5 Å². The number of rotatable bonds is 3. The molecule has 0 saturated carbocycles. The molecule has 0 saturated heterocycles. The number of nitrogens with zero attached hydrogens (tertiary/aromatic N) is 2. The van der Waals surface area contributed by atoms with Crippen LogP contribution in [-0.4, -0.2) is 22.3 Å². The van der Waals surface area contributed by atoms with Crippen LogP contribution in [0.1, 0.15) is 29.7 Å². The van der Waals surface area contributed by atoms with E-state index in [4.69, 9.17) is 0 Å². The van der Waals surface area contributed by atoms with Gasteiger partial charge in [-0.05, 0) is 48.7 Å². The van der Waals surface area contributed by atoms with Crippen molar-refractivity contribution in [3.05, 3.63) is 81.2 Å². The van der Waals surface area contributed by atoms with Crippen molar-refractivity contribution in [1.82, 2.24) is 4.90 Å². The average molecular weight is 340 g/mol. The molecule has 5 nitrogen and oxygen atoms in total. The zero-order valence-electron chi connectivity index (χ0n) is 13.7. The van der Waals surface area contributed by atoms with Crippen LogP contribution < -0.4 is 0 Å². The number of halogens is 1. The number of benzene rings is 2. The fourth-order valence-corrected chi connectivity index (χ4v) is 3.14. The van der Waals surface area contributed by atoms with E-state index in [0.717, 1.165) is 11.1 Å². The van der Waals surface area contributed by atoms with Gasteiger partial charge in [-0.25, -0.2) is 4.39 Å². The highest BCUT2D eigenvalue weighted by molar-refractivity contribution is 5.92. The lowest BCUT2D eigenvalue weighted by molar-refractivity contribution is -0.385. The SMILES string of the molecule is CC1c2cc(F)ccc2CCN1C(=O)/C=C/c1ccccc1[N+](=O)[O-]. The number of amides is 1. The quantitative estimate of drug-likeness (QED) is 0.484. The Kier molecular flexibility index (Phi) is 4.61. The molecule has 1 aliphatic rings. The molecule has 1 aliphatic heterocycles. The number of nitro groups is 1. The van der Waals surface area contributed by atoms with Crippen LogP contribution in [0.25, 0.3) is 6.08 Å². The number of nitro benzene ring substituents is 1. The van der Waals surface area contributed by atoms with Crippen LogP contribution in [0, 0.1) is 15.9 Å². The summed E-state index contributed by atoms with van der Waals surface area (Å²) in [4.78, 5) is 24.7. The molecule has 0 fully saturated rings. The summed E-state index contributed by atoms with van der Waals surface area (Å²) in [5.74, 6) is -0.573. The third-order valence-corrected chi connectivity index (χ3v) is 4.47. The molecule has 0 radical (unpaired) electrons. The van der Waals surface area contributed by atoms with Crippen LogP contribution in [0.5, 0.6) is 0 Å². The third-order valence-electron chi connectivity index (χ3n) is 4.47. The first kappa shape index (κ1) is 16.8. The Labute approximate surface area is 144 Å². The molecule has 3 rings (SSSR count). The molecule has 0 aromatic heterocycles. The minimum atomic E-state index is -0.479. The molecule has 0 spiro atoms. The monoisotopic (exact) mass is 340 g/mol. The maximum Gasteiger partial charge on any atom is 0.276 e. The number of hydrogen-bond donors (Lipinski definition) is 0. The molecule has 1 amide bonds.